The number of allylic oxidation sites excluding steroid dienone is 13. The van der Waals surface area contributed by atoms with Crippen LogP contribution in [0.4, 0.5) is 0 Å². The third kappa shape index (κ3) is 44.5. The fraction of sp³-hybridized carbons (Fsp3) is 0.805. The molecule has 528 valence electrons. The molecule has 2 heterocycles. The Balaban J connectivity index is 1.56. The van der Waals surface area contributed by atoms with Crippen LogP contribution in [0.2, 0.25) is 0 Å². The van der Waals surface area contributed by atoms with Crippen LogP contribution in [-0.2, 0) is 23.7 Å². The molecule has 2 aliphatic heterocycles. The molecule has 0 aromatic carbocycles. The minimum Gasteiger partial charge on any atom is -0.394 e. The molecule has 1 amide bonds. The molecule has 0 aromatic heterocycles. The van der Waals surface area contributed by atoms with Crippen molar-refractivity contribution in [1.82, 2.24) is 5.32 Å². The van der Waals surface area contributed by atoms with Gasteiger partial charge in [0.05, 0.1) is 32.0 Å². The van der Waals surface area contributed by atoms with Crippen LogP contribution in [0.25, 0.3) is 0 Å². The number of carbonyl (C=O) groups is 1. The van der Waals surface area contributed by atoms with E-state index in [9.17, 15) is 45.6 Å². The van der Waals surface area contributed by atoms with Crippen molar-refractivity contribution < 1.29 is 64.6 Å². The Morgan fingerprint density at radius 2 is 0.758 bits per heavy atom. The molecule has 0 aliphatic carbocycles. The first-order valence-electron chi connectivity index (χ1n) is 37.3. The van der Waals surface area contributed by atoms with Gasteiger partial charge in [-0.15, -0.1) is 0 Å². The molecular formula is C77H137NO13. The molecule has 9 N–H and O–H groups in total. The van der Waals surface area contributed by atoms with E-state index >= 15 is 0 Å². The summed E-state index contributed by atoms with van der Waals surface area (Å²) < 4.78 is 22.9. The SMILES string of the molecule is CC/C=C\C/C=C\C/C=C\C/C=C\C/C=C\C/C=C\CCCCCCCCCCCCCCCCCCCCCCCCC(=O)NC(COC1OC(CO)C(OC2OC(CO)C(O)C(O)C2O)C(O)C1O)C(O)/C=C/CCCCCCCCCCCCCCCC. The molecule has 0 aromatic rings. The van der Waals surface area contributed by atoms with Crippen LogP contribution in [0.5, 0.6) is 0 Å². The number of carbonyl (C=O) groups excluding carboxylic acids is 1. The van der Waals surface area contributed by atoms with Gasteiger partial charge in [-0.2, -0.15) is 0 Å². The Labute approximate surface area is 554 Å². The Bertz CT molecular complexity index is 1850. The van der Waals surface area contributed by atoms with Gasteiger partial charge in [0.25, 0.3) is 0 Å². The zero-order valence-electron chi connectivity index (χ0n) is 57.6. The zero-order chi connectivity index (χ0) is 65.9. The number of nitrogens with one attached hydrogen (secondary N) is 1. The highest BCUT2D eigenvalue weighted by Gasteiger charge is 2.51. The predicted octanol–water partition coefficient (Wildman–Crippen LogP) is 16.0. The molecule has 0 saturated carbocycles. The van der Waals surface area contributed by atoms with Gasteiger partial charge in [-0.1, -0.05) is 311 Å². The van der Waals surface area contributed by atoms with Crippen molar-refractivity contribution >= 4 is 5.91 Å². The summed E-state index contributed by atoms with van der Waals surface area (Å²) in [7, 11) is 0. The highest BCUT2D eigenvalue weighted by molar-refractivity contribution is 5.76. The summed E-state index contributed by atoms with van der Waals surface area (Å²) >= 11 is 0. The summed E-state index contributed by atoms with van der Waals surface area (Å²) in [4.78, 5) is 13.3. The van der Waals surface area contributed by atoms with E-state index in [1.807, 2.05) is 6.08 Å². The maximum Gasteiger partial charge on any atom is 0.220 e. The second-order valence-corrected chi connectivity index (χ2v) is 26.0. The van der Waals surface area contributed by atoms with Crippen molar-refractivity contribution in [2.24, 2.45) is 0 Å². The van der Waals surface area contributed by atoms with E-state index in [4.69, 9.17) is 18.9 Å². The number of rotatable bonds is 61. The summed E-state index contributed by atoms with van der Waals surface area (Å²) in [5.41, 5.74) is 0. The quantitative estimate of drug-likeness (QED) is 0.0204. The Kier molecular flexibility index (Phi) is 56.3. The van der Waals surface area contributed by atoms with Gasteiger partial charge in [0.15, 0.2) is 12.6 Å². The van der Waals surface area contributed by atoms with Crippen molar-refractivity contribution in [3.63, 3.8) is 0 Å². The van der Waals surface area contributed by atoms with E-state index in [0.717, 1.165) is 77.0 Å². The number of aliphatic hydroxyl groups excluding tert-OH is 8. The maximum atomic E-state index is 13.3. The predicted molar refractivity (Wildman–Crippen MR) is 373 cm³/mol. The average Bonchev–Trinajstić information content (AvgIpc) is 1.24. The molecule has 0 spiro atoms. The van der Waals surface area contributed by atoms with Gasteiger partial charge in [0.1, 0.15) is 48.8 Å². The molecular weight excluding hydrogens is 1150 g/mol. The molecule has 0 radical (unpaired) electrons. The molecule has 14 heteroatoms. The monoisotopic (exact) mass is 1280 g/mol. The summed E-state index contributed by atoms with van der Waals surface area (Å²) in [5.74, 6) is -0.236. The van der Waals surface area contributed by atoms with Gasteiger partial charge in [-0.05, 0) is 70.6 Å². The second kappa shape index (κ2) is 60.8. The lowest BCUT2D eigenvalue weighted by Crippen LogP contribution is -2.65. The lowest BCUT2D eigenvalue weighted by atomic mass is 9.97. The molecule has 12 unspecified atom stereocenters. The van der Waals surface area contributed by atoms with E-state index in [2.05, 4.69) is 92.1 Å². The average molecular weight is 1280 g/mol. The van der Waals surface area contributed by atoms with Gasteiger partial charge >= 0.3 is 0 Å². The third-order valence-corrected chi connectivity index (χ3v) is 17.8. The largest absolute Gasteiger partial charge is 0.394 e. The first-order chi connectivity index (χ1) is 44.6. The molecule has 2 fully saturated rings. The van der Waals surface area contributed by atoms with Crippen molar-refractivity contribution in [2.75, 3.05) is 19.8 Å². The number of aliphatic hydroxyl groups is 8. The topological polar surface area (TPSA) is 228 Å². The van der Waals surface area contributed by atoms with Crippen LogP contribution in [0.15, 0.2) is 85.1 Å². The first kappa shape index (κ1) is 84.3. The van der Waals surface area contributed by atoms with Gasteiger partial charge in [-0.25, -0.2) is 0 Å². The minimum atomic E-state index is -1.79. The van der Waals surface area contributed by atoms with Crippen molar-refractivity contribution in [1.29, 1.82) is 0 Å². The van der Waals surface area contributed by atoms with Crippen LogP contribution in [0.3, 0.4) is 0 Å². The molecule has 12 atom stereocenters. The summed E-state index contributed by atoms with van der Waals surface area (Å²) in [5, 5.41) is 87.4. The van der Waals surface area contributed by atoms with E-state index in [0.29, 0.717) is 6.42 Å². The van der Waals surface area contributed by atoms with Crippen LogP contribution in [0, 0.1) is 0 Å². The Morgan fingerprint density at radius 1 is 0.407 bits per heavy atom. The molecule has 2 rings (SSSR count). The highest BCUT2D eigenvalue weighted by atomic mass is 16.7. The molecule has 14 nitrogen and oxygen atoms in total. The number of unbranched alkanes of at least 4 members (excludes halogenated alkanes) is 36. The van der Waals surface area contributed by atoms with Gasteiger partial charge < -0.3 is 65.1 Å². The molecule has 2 aliphatic rings. The molecule has 0 bridgehead atoms. The summed E-state index contributed by atoms with van der Waals surface area (Å²) in [6, 6.07) is -0.916. The lowest BCUT2D eigenvalue weighted by molar-refractivity contribution is -0.359. The second-order valence-electron chi connectivity index (χ2n) is 26.0. The van der Waals surface area contributed by atoms with Crippen LogP contribution in [0.1, 0.15) is 303 Å². The van der Waals surface area contributed by atoms with Gasteiger partial charge in [-0.3, -0.25) is 4.79 Å². The number of ether oxygens (including phenoxy) is 4. The van der Waals surface area contributed by atoms with Crippen molar-refractivity contribution in [3.05, 3.63) is 85.1 Å². The van der Waals surface area contributed by atoms with Crippen molar-refractivity contribution in [3.8, 4) is 0 Å². The molecule has 91 heavy (non-hydrogen) atoms. The smallest absolute Gasteiger partial charge is 0.220 e. The normalized spacial score (nSPS) is 23.3. The van der Waals surface area contributed by atoms with E-state index < -0.39 is 86.8 Å². The standard InChI is InChI=1S/C77H137NO13/c1-3-5-7-9-11-13-15-17-19-21-22-23-24-25-26-27-28-29-30-31-32-33-34-35-36-37-38-39-40-41-42-43-44-45-47-49-51-53-55-57-59-61-69(82)78-65(66(81)60-58-56-54-52-50-48-46-20-18-16-14-12-10-8-6-4-2)64-88-76-74(87)72(85)75(68(63-80)90-76)91-77-73(86)71(84)70(83)67(62-79)89-77/h5,7,11,13,17,19,22-23,25-26,28-29,58,60,65-68,70-77,79-81,83-87H,3-4,6,8-10,12,14-16,18,20-21,24,27,30-57,59,61-64H2,1-2H3,(H,78,82)/b7-5-,13-11-,19-17-,23-22-,26-25-,29-28-,60-58+. The number of hydrogen-bond donors (Lipinski definition) is 9. The highest BCUT2D eigenvalue weighted by Crippen LogP contribution is 2.30. The van der Waals surface area contributed by atoms with E-state index in [1.165, 1.54) is 199 Å². The third-order valence-electron chi connectivity index (χ3n) is 17.8. The first-order valence-corrected chi connectivity index (χ1v) is 37.3. The fourth-order valence-corrected chi connectivity index (χ4v) is 11.9. The lowest BCUT2D eigenvalue weighted by Gasteiger charge is -2.46. The van der Waals surface area contributed by atoms with Crippen LogP contribution < -0.4 is 5.32 Å². The Morgan fingerprint density at radius 3 is 1.16 bits per heavy atom. The fourth-order valence-electron chi connectivity index (χ4n) is 11.9. The summed E-state index contributed by atoms with van der Waals surface area (Å²) in [6.45, 7) is 2.71. The number of amides is 1. The van der Waals surface area contributed by atoms with Gasteiger partial charge in [0, 0.05) is 6.42 Å². The zero-order valence-corrected chi connectivity index (χ0v) is 57.6. The minimum absolute atomic E-state index is 0.236. The summed E-state index contributed by atoms with van der Waals surface area (Å²) in [6.07, 6.45) is 68.0. The number of hydrogen-bond acceptors (Lipinski definition) is 13. The molecule has 2 saturated heterocycles. The maximum absolute atomic E-state index is 13.3. The van der Waals surface area contributed by atoms with Crippen LogP contribution >= 0.6 is 0 Å². The van der Waals surface area contributed by atoms with Gasteiger partial charge in [0.2, 0.25) is 5.91 Å². The van der Waals surface area contributed by atoms with E-state index in [1.54, 1.807) is 6.08 Å². The van der Waals surface area contributed by atoms with E-state index in [-0.39, 0.29) is 18.9 Å². The van der Waals surface area contributed by atoms with Crippen LogP contribution in [-0.4, -0.2) is 140 Å². The van der Waals surface area contributed by atoms with Crippen molar-refractivity contribution in [2.45, 2.75) is 376 Å². The Hall–Kier alpha value is -2.83.